The Labute approximate surface area is 99.2 Å². The quantitative estimate of drug-likeness (QED) is 0.641. The lowest BCUT2D eigenvalue weighted by molar-refractivity contribution is 0.259. The van der Waals surface area contributed by atoms with Crippen LogP contribution < -0.4 is 5.32 Å². The minimum absolute atomic E-state index is 0.305. The Balaban J connectivity index is 3.36. The van der Waals surface area contributed by atoms with Crippen molar-refractivity contribution >= 4 is 11.8 Å². The Kier molecular flexibility index (Phi) is 9.66. The molecule has 0 aromatic heterocycles. The molecule has 0 aliphatic heterocycles. The third kappa shape index (κ3) is 10.6. The topological polar surface area (TPSA) is 32.3 Å². The van der Waals surface area contributed by atoms with Crippen molar-refractivity contribution in [1.82, 2.24) is 5.32 Å². The average Bonchev–Trinajstić information content (AvgIpc) is 2.14. The average molecular weight is 233 g/mol. The van der Waals surface area contributed by atoms with Crippen molar-refractivity contribution in [2.45, 2.75) is 40.2 Å². The summed E-state index contributed by atoms with van der Waals surface area (Å²) in [6, 6.07) is 0.579. The summed E-state index contributed by atoms with van der Waals surface area (Å²) in [7, 11) is 0. The monoisotopic (exact) mass is 233 g/mol. The van der Waals surface area contributed by atoms with Gasteiger partial charge in [-0.25, -0.2) is 0 Å². The molecule has 0 fully saturated rings. The zero-order valence-corrected chi connectivity index (χ0v) is 11.4. The van der Waals surface area contributed by atoms with Crippen molar-refractivity contribution in [2.75, 3.05) is 24.7 Å². The van der Waals surface area contributed by atoms with Gasteiger partial charge in [0.1, 0.15) is 0 Å². The van der Waals surface area contributed by atoms with Gasteiger partial charge in [-0.15, -0.1) is 0 Å². The Bertz CT molecular complexity index is 142. The van der Waals surface area contributed by atoms with Gasteiger partial charge in [0.05, 0.1) is 0 Å². The summed E-state index contributed by atoms with van der Waals surface area (Å²) in [5.41, 5.74) is 0. The van der Waals surface area contributed by atoms with E-state index in [0.717, 1.165) is 18.9 Å². The van der Waals surface area contributed by atoms with E-state index in [0.29, 0.717) is 18.6 Å². The Hall–Kier alpha value is 0.270. The number of hydrogen-bond donors (Lipinski definition) is 2. The molecule has 0 aromatic rings. The van der Waals surface area contributed by atoms with Crippen LogP contribution in [0.2, 0.25) is 0 Å². The lowest BCUT2D eigenvalue weighted by atomic mass is 10.1. The van der Waals surface area contributed by atoms with Crippen LogP contribution in [0.1, 0.15) is 34.1 Å². The lowest BCUT2D eigenvalue weighted by Gasteiger charge is -2.17. The van der Waals surface area contributed by atoms with Gasteiger partial charge in [0, 0.05) is 18.4 Å². The Morgan fingerprint density at radius 1 is 1.13 bits per heavy atom. The molecule has 0 aromatic carbocycles. The van der Waals surface area contributed by atoms with Gasteiger partial charge in [0.2, 0.25) is 0 Å². The molecule has 2 atom stereocenters. The first-order chi connectivity index (χ1) is 7.06. The van der Waals surface area contributed by atoms with E-state index < -0.39 is 0 Å². The van der Waals surface area contributed by atoms with Crippen LogP contribution in [-0.2, 0) is 0 Å². The highest BCUT2D eigenvalue weighted by molar-refractivity contribution is 7.99. The second-order valence-electron chi connectivity index (χ2n) is 4.86. The second-order valence-corrected chi connectivity index (χ2v) is 5.93. The van der Waals surface area contributed by atoms with E-state index >= 15 is 0 Å². The van der Waals surface area contributed by atoms with E-state index in [1.807, 2.05) is 11.8 Å². The number of thioether (sulfide) groups is 1. The van der Waals surface area contributed by atoms with Crippen LogP contribution in [-0.4, -0.2) is 35.8 Å². The summed E-state index contributed by atoms with van der Waals surface area (Å²) in [6.45, 7) is 10.3. The third-order valence-electron chi connectivity index (χ3n) is 2.26. The smallest absolute Gasteiger partial charge is 0.0434 e. The van der Waals surface area contributed by atoms with E-state index in [1.165, 1.54) is 11.5 Å². The molecule has 2 unspecified atom stereocenters. The molecule has 0 rings (SSSR count). The normalized spacial score (nSPS) is 15.6. The highest BCUT2D eigenvalue weighted by atomic mass is 32.2. The molecule has 0 saturated heterocycles. The SMILES string of the molecule is CC(C)CSCC(C)NCC(C)CCO. The largest absolute Gasteiger partial charge is 0.396 e. The van der Waals surface area contributed by atoms with E-state index in [1.54, 1.807) is 0 Å². The van der Waals surface area contributed by atoms with E-state index in [4.69, 9.17) is 5.11 Å². The molecular formula is C12H27NOS. The standard InChI is InChI=1S/C12H27NOS/c1-10(2)8-15-9-12(4)13-7-11(3)5-6-14/h10-14H,5-9H2,1-4H3. The van der Waals surface area contributed by atoms with Crippen LogP contribution in [0.3, 0.4) is 0 Å². The highest BCUT2D eigenvalue weighted by Crippen LogP contribution is 2.09. The van der Waals surface area contributed by atoms with Crippen molar-refractivity contribution in [1.29, 1.82) is 0 Å². The molecule has 0 aliphatic rings. The van der Waals surface area contributed by atoms with Gasteiger partial charge in [-0.3, -0.25) is 0 Å². The van der Waals surface area contributed by atoms with Crippen molar-refractivity contribution in [2.24, 2.45) is 11.8 Å². The van der Waals surface area contributed by atoms with Gasteiger partial charge >= 0.3 is 0 Å². The maximum atomic E-state index is 8.77. The summed E-state index contributed by atoms with van der Waals surface area (Å²) in [5.74, 6) is 3.80. The molecule has 0 radical (unpaired) electrons. The van der Waals surface area contributed by atoms with E-state index in [-0.39, 0.29) is 0 Å². The fourth-order valence-corrected chi connectivity index (χ4v) is 2.34. The molecule has 92 valence electrons. The van der Waals surface area contributed by atoms with Crippen molar-refractivity contribution in [3.63, 3.8) is 0 Å². The van der Waals surface area contributed by atoms with E-state index in [2.05, 4.69) is 33.0 Å². The molecule has 15 heavy (non-hydrogen) atoms. The summed E-state index contributed by atoms with van der Waals surface area (Å²) in [6.07, 6.45) is 0.902. The lowest BCUT2D eigenvalue weighted by Crippen LogP contribution is -2.32. The highest BCUT2D eigenvalue weighted by Gasteiger charge is 2.05. The number of aliphatic hydroxyl groups excluding tert-OH is 1. The van der Waals surface area contributed by atoms with Crippen molar-refractivity contribution < 1.29 is 5.11 Å². The van der Waals surface area contributed by atoms with Crippen molar-refractivity contribution in [3.05, 3.63) is 0 Å². The first-order valence-corrected chi connectivity index (χ1v) is 7.13. The molecule has 3 heteroatoms. The maximum absolute atomic E-state index is 8.77. The van der Waals surface area contributed by atoms with Crippen LogP contribution in [0.5, 0.6) is 0 Å². The van der Waals surface area contributed by atoms with Crippen LogP contribution in [0.25, 0.3) is 0 Å². The molecular weight excluding hydrogens is 206 g/mol. The first-order valence-electron chi connectivity index (χ1n) is 5.98. The molecule has 0 spiro atoms. The minimum Gasteiger partial charge on any atom is -0.396 e. The zero-order valence-electron chi connectivity index (χ0n) is 10.6. The number of rotatable bonds is 9. The molecule has 0 heterocycles. The second kappa shape index (κ2) is 9.49. The Morgan fingerprint density at radius 3 is 2.33 bits per heavy atom. The predicted molar refractivity (Wildman–Crippen MR) is 70.5 cm³/mol. The van der Waals surface area contributed by atoms with Gasteiger partial charge in [-0.2, -0.15) is 11.8 Å². The van der Waals surface area contributed by atoms with Gasteiger partial charge in [-0.1, -0.05) is 20.8 Å². The summed E-state index contributed by atoms with van der Waals surface area (Å²) < 4.78 is 0. The molecule has 0 aliphatic carbocycles. The maximum Gasteiger partial charge on any atom is 0.0434 e. The summed E-state index contributed by atoms with van der Waals surface area (Å²) in [4.78, 5) is 0. The Morgan fingerprint density at radius 2 is 1.80 bits per heavy atom. The summed E-state index contributed by atoms with van der Waals surface area (Å²) in [5, 5.41) is 12.3. The number of aliphatic hydroxyl groups is 1. The molecule has 0 bridgehead atoms. The first kappa shape index (κ1) is 15.3. The van der Waals surface area contributed by atoms with Crippen molar-refractivity contribution in [3.8, 4) is 0 Å². The van der Waals surface area contributed by atoms with Gasteiger partial charge in [-0.05, 0) is 37.5 Å². The number of hydrogen-bond acceptors (Lipinski definition) is 3. The zero-order chi connectivity index (χ0) is 11.7. The fourth-order valence-electron chi connectivity index (χ4n) is 1.26. The molecule has 2 nitrogen and oxygen atoms in total. The van der Waals surface area contributed by atoms with Gasteiger partial charge in [0.25, 0.3) is 0 Å². The third-order valence-corrected chi connectivity index (χ3v) is 3.89. The van der Waals surface area contributed by atoms with Crippen LogP contribution in [0.4, 0.5) is 0 Å². The van der Waals surface area contributed by atoms with Gasteiger partial charge in [0.15, 0.2) is 0 Å². The van der Waals surface area contributed by atoms with Crippen LogP contribution in [0.15, 0.2) is 0 Å². The predicted octanol–water partition coefficient (Wildman–Crippen LogP) is 2.37. The number of nitrogens with one attached hydrogen (secondary N) is 1. The fraction of sp³-hybridized carbons (Fsp3) is 1.00. The molecule has 2 N–H and O–H groups in total. The van der Waals surface area contributed by atoms with Gasteiger partial charge < -0.3 is 10.4 Å². The van der Waals surface area contributed by atoms with E-state index in [9.17, 15) is 0 Å². The molecule has 0 saturated carbocycles. The summed E-state index contributed by atoms with van der Waals surface area (Å²) >= 11 is 2.02. The van der Waals surface area contributed by atoms with Crippen LogP contribution >= 0.6 is 11.8 Å². The minimum atomic E-state index is 0.305. The van der Waals surface area contributed by atoms with Crippen LogP contribution in [0, 0.1) is 11.8 Å². The molecule has 0 amide bonds.